The molecule has 88 valence electrons. The van der Waals surface area contributed by atoms with Crippen molar-refractivity contribution in [2.75, 3.05) is 18.5 Å². The van der Waals surface area contributed by atoms with Crippen molar-refractivity contribution in [3.63, 3.8) is 0 Å². The molecule has 0 spiro atoms. The fraction of sp³-hybridized carbons (Fsp3) is 0.538. The molecule has 3 heteroatoms. The molecule has 1 aliphatic rings. The predicted molar refractivity (Wildman–Crippen MR) is 72.9 cm³/mol. The molecule has 0 amide bonds. The third kappa shape index (κ3) is 2.77. The fourth-order valence-electron chi connectivity index (χ4n) is 1.93. The second-order valence-electron chi connectivity index (χ2n) is 4.40. The van der Waals surface area contributed by atoms with Gasteiger partial charge in [0.15, 0.2) is 0 Å². The van der Waals surface area contributed by atoms with Crippen LogP contribution in [-0.2, 0) is 6.54 Å². The fourth-order valence-corrected chi connectivity index (χ4v) is 2.28. The average Bonchev–Trinajstić information content (AvgIpc) is 3.10. The molecule has 0 bridgehead atoms. The van der Waals surface area contributed by atoms with Crippen LogP contribution in [0, 0.1) is 0 Å². The first-order chi connectivity index (χ1) is 7.72. The first-order valence-corrected chi connectivity index (χ1v) is 6.73. The number of rotatable bonds is 5. The van der Waals surface area contributed by atoms with Gasteiger partial charge >= 0.3 is 0 Å². The maximum absolute atomic E-state index is 3.56. The van der Waals surface area contributed by atoms with Crippen LogP contribution in [0.15, 0.2) is 22.7 Å². The minimum atomic E-state index is 0.759. The first kappa shape index (κ1) is 11.9. The minimum Gasteiger partial charge on any atom is -0.371 e. The van der Waals surface area contributed by atoms with Gasteiger partial charge in [-0.25, -0.2) is 0 Å². The van der Waals surface area contributed by atoms with Crippen LogP contribution in [0.4, 0.5) is 5.69 Å². The van der Waals surface area contributed by atoms with E-state index in [1.54, 1.807) is 0 Å². The maximum Gasteiger partial charge on any atom is 0.0423 e. The molecule has 1 aliphatic carbocycles. The molecule has 1 aromatic rings. The molecule has 0 unspecified atom stereocenters. The van der Waals surface area contributed by atoms with Gasteiger partial charge in [-0.2, -0.15) is 0 Å². The molecule has 0 atom stereocenters. The zero-order valence-corrected chi connectivity index (χ0v) is 11.5. The van der Waals surface area contributed by atoms with Gasteiger partial charge in [0.05, 0.1) is 0 Å². The van der Waals surface area contributed by atoms with E-state index in [2.05, 4.69) is 58.3 Å². The second kappa shape index (κ2) is 5.19. The highest BCUT2D eigenvalue weighted by Gasteiger charge is 2.27. The van der Waals surface area contributed by atoms with Gasteiger partial charge in [-0.15, -0.1) is 0 Å². The molecule has 2 nitrogen and oxygen atoms in total. The van der Waals surface area contributed by atoms with E-state index in [1.807, 2.05) is 0 Å². The molecule has 16 heavy (non-hydrogen) atoms. The minimum absolute atomic E-state index is 0.759. The van der Waals surface area contributed by atoms with Crippen LogP contribution >= 0.6 is 15.9 Å². The number of benzene rings is 1. The topological polar surface area (TPSA) is 15.3 Å². The number of hydrogen-bond acceptors (Lipinski definition) is 2. The van der Waals surface area contributed by atoms with Gasteiger partial charge in [0.1, 0.15) is 0 Å². The molecule has 0 aliphatic heterocycles. The number of nitrogens with zero attached hydrogens (tertiary/aromatic N) is 1. The summed E-state index contributed by atoms with van der Waals surface area (Å²) >= 11 is 3.56. The Balaban J connectivity index is 2.20. The van der Waals surface area contributed by atoms with Crippen molar-refractivity contribution < 1.29 is 0 Å². The summed E-state index contributed by atoms with van der Waals surface area (Å²) in [5, 5.41) is 3.40. The van der Waals surface area contributed by atoms with Crippen molar-refractivity contribution in [3.8, 4) is 0 Å². The molecule has 1 N–H and O–H groups in total. The molecule has 0 radical (unpaired) electrons. The van der Waals surface area contributed by atoms with Crippen molar-refractivity contribution in [3.05, 3.63) is 28.2 Å². The molecule has 1 fully saturated rings. The van der Waals surface area contributed by atoms with E-state index in [9.17, 15) is 0 Å². The molecular weight excluding hydrogens is 264 g/mol. The molecule has 0 aromatic heterocycles. The third-order valence-electron chi connectivity index (χ3n) is 3.09. The number of anilines is 1. The Bertz CT molecular complexity index is 361. The number of halogens is 1. The lowest BCUT2D eigenvalue weighted by Crippen LogP contribution is -2.22. The molecule has 1 saturated carbocycles. The van der Waals surface area contributed by atoms with Gasteiger partial charge in [-0.3, -0.25) is 0 Å². The van der Waals surface area contributed by atoms with E-state index in [0.29, 0.717) is 0 Å². The zero-order chi connectivity index (χ0) is 11.5. The highest BCUT2D eigenvalue weighted by Crippen LogP contribution is 2.33. The number of nitrogens with one attached hydrogen (secondary N) is 1. The van der Waals surface area contributed by atoms with Crippen molar-refractivity contribution in [2.24, 2.45) is 0 Å². The third-order valence-corrected chi connectivity index (χ3v) is 3.58. The summed E-state index contributed by atoms with van der Waals surface area (Å²) in [6.45, 7) is 4.11. The highest BCUT2D eigenvalue weighted by molar-refractivity contribution is 9.10. The van der Waals surface area contributed by atoms with Crippen LogP contribution in [0.25, 0.3) is 0 Å². The lowest BCUT2D eigenvalue weighted by atomic mass is 10.1. The van der Waals surface area contributed by atoms with Gasteiger partial charge in [-0.05, 0) is 37.1 Å². The monoisotopic (exact) mass is 282 g/mol. The van der Waals surface area contributed by atoms with E-state index in [4.69, 9.17) is 0 Å². The van der Waals surface area contributed by atoms with E-state index in [0.717, 1.165) is 23.6 Å². The Kier molecular flexibility index (Phi) is 3.87. The Hall–Kier alpha value is -0.540. The predicted octanol–water partition coefficient (Wildman–Crippen LogP) is 3.16. The lowest BCUT2D eigenvalue weighted by Gasteiger charge is -2.22. The SMILES string of the molecule is CCNCc1ccc(Br)cc1N(C)C1CC1. The summed E-state index contributed by atoms with van der Waals surface area (Å²) in [5.41, 5.74) is 2.75. The van der Waals surface area contributed by atoms with Crippen LogP contribution in [0.3, 0.4) is 0 Å². The van der Waals surface area contributed by atoms with Crippen molar-refractivity contribution in [2.45, 2.75) is 32.4 Å². The average molecular weight is 283 g/mol. The van der Waals surface area contributed by atoms with Crippen LogP contribution in [0.5, 0.6) is 0 Å². The molecule has 2 rings (SSSR count). The van der Waals surface area contributed by atoms with Crippen LogP contribution in [-0.4, -0.2) is 19.6 Å². The molecular formula is C13H19BrN2. The van der Waals surface area contributed by atoms with Gasteiger partial charge in [0.25, 0.3) is 0 Å². The van der Waals surface area contributed by atoms with E-state index in [-0.39, 0.29) is 0 Å². The summed E-state index contributed by atoms with van der Waals surface area (Å²) in [7, 11) is 2.20. The quantitative estimate of drug-likeness (QED) is 0.893. The highest BCUT2D eigenvalue weighted by atomic mass is 79.9. The van der Waals surface area contributed by atoms with Gasteiger partial charge in [0.2, 0.25) is 0 Å². The summed E-state index contributed by atoms with van der Waals surface area (Å²) in [6.07, 6.45) is 2.67. The first-order valence-electron chi connectivity index (χ1n) is 5.94. The molecule has 0 heterocycles. The van der Waals surface area contributed by atoms with E-state index < -0.39 is 0 Å². The largest absolute Gasteiger partial charge is 0.371 e. The van der Waals surface area contributed by atoms with Crippen molar-refractivity contribution in [1.82, 2.24) is 5.32 Å². The van der Waals surface area contributed by atoms with Crippen molar-refractivity contribution >= 4 is 21.6 Å². The van der Waals surface area contributed by atoms with Gasteiger partial charge in [0, 0.05) is 29.8 Å². The zero-order valence-electron chi connectivity index (χ0n) is 9.96. The Morgan fingerprint density at radius 3 is 2.81 bits per heavy atom. The van der Waals surface area contributed by atoms with E-state index >= 15 is 0 Å². The summed E-state index contributed by atoms with van der Waals surface area (Å²) in [6, 6.07) is 7.32. The Morgan fingerprint density at radius 2 is 2.19 bits per heavy atom. The van der Waals surface area contributed by atoms with Gasteiger partial charge in [-0.1, -0.05) is 28.9 Å². The second-order valence-corrected chi connectivity index (χ2v) is 5.31. The maximum atomic E-state index is 3.56. The Labute approximate surface area is 106 Å². The van der Waals surface area contributed by atoms with E-state index in [1.165, 1.54) is 24.1 Å². The van der Waals surface area contributed by atoms with Crippen LogP contribution in [0.1, 0.15) is 25.3 Å². The Morgan fingerprint density at radius 1 is 1.44 bits per heavy atom. The molecule has 1 aromatic carbocycles. The van der Waals surface area contributed by atoms with Crippen LogP contribution in [0.2, 0.25) is 0 Å². The van der Waals surface area contributed by atoms with Gasteiger partial charge < -0.3 is 10.2 Å². The summed E-state index contributed by atoms with van der Waals surface area (Å²) in [5.74, 6) is 0. The summed E-state index contributed by atoms with van der Waals surface area (Å²) in [4.78, 5) is 2.41. The molecule has 0 saturated heterocycles. The van der Waals surface area contributed by atoms with Crippen LogP contribution < -0.4 is 10.2 Å². The standard InChI is InChI=1S/C13H19BrN2/c1-3-15-9-10-4-5-11(14)8-13(10)16(2)12-6-7-12/h4-5,8,12,15H,3,6-7,9H2,1-2H3. The lowest BCUT2D eigenvalue weighted by molar-refractivity contribution is 0.723. The summed E-state index contributed by atoms with van der Waals surface area (Å²) < 4.78 is 1.16. The number of hydrogen-bond donors (Lipinski definition) is 1. The normalized spacial score (nSPS) is 15.2. The van der Waals surface area contributed by atoms with Crippen molar-refractivity contribution in [1.29, 1.82) is 0 Å². The smallest absolute Gasteiger partial charge is 0.0423 e.